The summed E-state index contributed by atoms with van der Waals surface area (Å²) >= 11 is 1.59. The van der Waals surface area contributed by atoms with Crippen molar-refractivity contribution >= 4 is 16.5 Å². The maximum Gasteiger partial charge on any atom is 0.180 e. The molecule has 0 aliphatic heterocycles. The zero-order chi connectivity index (χ0) is 14.4. The van der Waals surface area contributed by atoms with Crippen LogP contribution in [0, 0.1) is 0 Å². The average Bonchev–Trinajstić information content (AvgIpc) is 2.86. The van der Waals surface area contributed by atoms with Crippen LogP contribution in [0.25, 0.3) is 0 Å². The smallest absolute Gasteiger partial charge is 0.180 e. The minimum Gasteiger partial charge on any atom is -0.375 e. The fourth-order valence-corrected chi connectivity index (χ4v) is 3.32. The average molecular weight is 289 g/mol. The highest BCUT2D eigenvalue weighted by Gasteiger charge is 2.18. The van der Waals surface area contributed by atoms with Gasteiger partial charge in [0.2, 0.25) is 0 Å². The van der Waals surface area contributed by atoms with Crippen LogP contribution in [0.5, 0.6) is 0 Å². The van der Waals surface area contributed by atoms with Gasteiger partial charge in [0.15, 0.2) is 5.13 Å². The summed E-state index contributed by atoms with van der Waals surface area (Å²) in [5.74, 6) is 0. The third kappa shape index (κ3) is 3.81. The van der Waals surface area contributed by atoms with Gasteiger partial charge in [-0.15, -0.1) is 11.3 Å². The van der Waals surface area contributed by atoms with Crippen molar-refractivity contribution in [3.05, 3.63) is 47.0 Å². The summed E-state index contributed by atoms with van der Waals surface area (Å²) < 4.78 is 0. The summed E-state index contributed by atoms with van der Waals surface area (Å²) in [6.45, 7) is 6.49. The second-order valence-corrected chi connectivity index (χ2v) is 6.12. The van der Waals surface area contributed by atoms with Gasteiger partial charge >= 0.3 is 0 Å². The normalized spacial score (nSPS) is 12.8. The Bertz CT molecular complexity index is 509. The van der Waals surface area contributed by atoms with Crippen LogP contribution in [0.15, 0.2) is 36.5 Å². The molecule has 0 saturated heterocycles. The van der Waals surface area contributed by atoms with E-state index in [1.165, 1.54) is 10.4 Å². The van der Waals surface area contributed by atoms with Crippen LogP contribution in [0.4, 0.5) is 5.13 Å². The van der Waals surface area contributed by atoms with Gasteiger partial charge in [-0.1, -0.05) is 44.2 Å². The first-order valence-electron chi connectivity index (χ1n) is 7.23. The van der Waals surface area contributed by atoms with Gasteiger partial charge in [0, 0.05) is 23.7 Å². The molecule has 0 spiro atoms. The first-order valence-corrected chi connectivity index (χ1v) is 8.05. The van der Waals surface area contributed by atoms with E-state index in [1.807, 2.05) is 6.20 Å². The van der Waals surface area contributed by atoms with Crippen LogP contribution in [0.1, 0.15) is 43.2 Å². The largest absolute Gasteiger partial charge is 0.375 e. The molecule has 0 saturated carbocycles. The molecule has 1 atom stereocenters. The molecular formula is C16H23N3S. The molecule has 1 unspecified atom stereocenters. The van der Waals surface area contributed by atoms with Crippen molar-refractivity contribution in [1.29, 1.82) is 0 Å². The molecule has 2 aromatic rings. The maximum absolute atomic E-state index is 5.74. The van der Waals surface area contributed by atoms with Gasteiger partial charge in [-0.2, -0.15) is 0 Å². The Morgan fingerprint density at radius 2 is 2.00 bits per heavy atom. The summed E-state index contributed by atoms with van der Waals surface area (Å²) in [7, 11) is 0. The highest BCUT2D eigenvalue weighted by atomic mass is 32.1. The van der Waals surface area contributed by atoms with E-state index in [1.54, 1.807) is 11.3 Å². The lowest BCUT2D eigenvalue weighted by Crippen LogP contribution is -2.28. The molecule has 1 aromatic heterocycles. The molecule has 0 amide bonds. The molecule has 4 heteroatoms. The van der Waals surface area contributed by atoms with Crippen LogP contribution >= 0.6 is 11.3 Å². The number of nitrogens with zero attached hydrogens (tertiary/aromatic N) is 2. The molecule has 108 valence electrons. The fraction of sp³-hybridized carbons (Fsp3) is 0.438. The number of thiazole rings is 1. The van der Waals surface area contributed by atoms with Gasteiger partial charge in [-0.05, 0) is 24.9 Å². The van der Waals surface area contributed by atoms with E-state index in [0.717, 1.165) is 25.9 Å². The number of benzene rings is 1. The van der Waals surface area contributed by atoms with Crippen molar-refractivity contribution in [2.24, 2.45) is 0 Å². The van der Waals surface area contributed by atoms with E-state index in [0.29, 0.717) is 11.2 Å². The fourth-order valence-electron chi connectivity index (χ4n) is 2.61. The van der Waals surface area contributed by atoms with Gasteiger partial charge in [0.25, 0.3) is 0 Å². The minimum atomic E-state index is 0.458. The van der Waals surface area contributed by atoms with Crippen molar-refractivity contribution in [3.63, 3.8) is 0 Å². The first-order chi connectivity index (χ1) is 9.74. The van der Waals surface area contributed by atoms with E-state index >= 15 is 0 Å². The third-order valence-corrected chi connectivity index (χ3v) is 4.26. The van der Waals surface area contributed by atoms with E-state index < -0.39 is 0 Å². The Balaban J connectivity index is 2.17. The molecular weight excluding hydrogens is 266 g/mol. The lowest BCUT2D eigenvalue weighted by atomic mass is 10.0. The molecule has 0 bridgehead atoms. The van der Waals surface area contributed by atoms with E-state index in [4.69, 9.17) is 5.73 Å². The van der Waals surface area contributed by atoms with Gasteiger partial charge in [0.05, 0.1) is 0 Å². The Hall–Kier alpha value is -1.39. The van der Waals surface area contributed by atoms with E-state index in [9.17, 15) is 0 Å². The van der Waals surface area contributed by atoms with Gasteiger partial charge in [-0.3, -0.25) is 4.90 Å². The van der Waals surface area contributed by atoms with Gasteiger partial charge in [0.1, 0.15) is 0 Å². The Kier molecular flexibility index (Phi) is 5.56. The highest BCUT2D eigenvalue weighted by Crippen LogP contribution is 2.27. The van der Waals surface area contributed by atoms with Crippen LogP contribution in [0.3, 0.4) is 0 Å². The molecule has 1 aromatic carbocycles. The zero-order valence-corrected chi connectivity index (χ0v) is 13.1. The SMILES string of the molecule is CCCN(Cc1cnc(N)s1)C(CC)c1ccccc1. The number of hydrogen-bond donors (Lipinski definition) is 1. The molecule has 2 N–H and O–H groups in total. The van der Waals surface area contributed by atoms with Crippen molar-refractivity contribution in [3.8, 4) is 0 Å². The van der Waals surface area contributed by atoms with E-state index in [-0.39, 0.29) is 0 Å². The van der Waals surface area contributed by atoms with Gasteiger partial charge < -0.3 is 5.73 Å². The van der Waals surface area contributed by atoms with Crippen LogP contribution in [-0.2, 0) is 6.54 Å². The van der Waals surface area contributed by atoms with Crippen LogP contribution in [0.2, 0.25) is 0 Å². The summed E-state index contributed by atoms with van der Waals surface area (Å²) in [4.78, 5) is 7.93. The van der Waals surface area contributed by atoms with Crippen molar-refractivity contribution in [1.82, 2.24) is 9.88 Å². The Morgan fingerprint density at radius 1 is 1.25 bits per heavy atom. The van der Waals surface area contributed by atoms with Crippen LogP contribution in [-0.4, -0.2) is 16.4 Å². The minimum absolute atomic E-state index is 0.458. The second kappa shape index (κ2) is 7.41. The maximum atomic E-state index is 5.74. The predicted molar refractivity (Wildman–Crippen MR) is 86.7 cm³/mol. The number of aromatic nitrogens is 1. The lowest BCUT2D eigenvalue weighted by molar-refractivity contribution is 0.185. The number of anilines is 1. The van der Waals surface area contributed by atoms with E-state index in [2.05, 4.69) is 54.1 Å². The standard InChI is InChI=1S/C16H23N3S/c1-3-10-19(12-14-11-18-16(17)20-14)15(4-2)13-8-6-5-7-9-13/h5-9,11,15H,3-4,10,12H2,1-2H3,(H2,17,18). The van der Waals surface area contributed by atoms with Gasteiger partial charge in [-0.25, -0.2) is 4.98 Å². The van der Waals surface area contributed by atoms with Crippen LogP contribution < -0.4 is 5.73 Å². The lowest BCUT2D eigenvalue weighted by Gasteiger charge is -2.30. The monoisotopic (exact) mass is 289 g/mol. The molecule has 0 fully saturated rings. The molecule has 0 radical (unpaired) electrons. The Morgan fingerprint density at radius 3 is 2.55 bits per heavy atom. The zero-order valence-electron chi connectivity index (χ0n) is 12.2. The summed E-state index contributed by atoms with van der Waals surface area (Å²) in [5, 5.41) is 0.657. The number of hydrogen-bond acceptors (Lipinski definition) is 4. The number of rotatable bonds is 7. The molecule has 3 nitrogen and oxygen atoms in total. The van der Waals surface area contributed by atoms with Crippen molar-refractivity contribution < 1.29 is 0 Å². The third-order valence-electron chi connectivity index (χ3n) is 3.45. The number of nitrogen functional groups attached to an aromatic ring is 1. The molecule has 0 aliphatic rings. The molecule has 1 heterocycles. The summed E-state index contributed by atoms with van der Waals surface area (Å²) in [6.07, 6.45) is 4.16. The van der Waals surface area contributed by atoms with Crippen molar-refractivity contribution in [2.45, 2.75) is 39.3 Å². The molecule has 0 aliphatic carbocycles. The number of nitrogens with two attached hydrogens (primary N) is 1. The quantitative estimate of drug-likeness (QED) is 0.835. The predicted octanol–water partition coefficient (Wildman–Crippen LogP) is 4.09. The second-order valence-electron chi connectivity index (χ2n) is 4.97. The highest BCUT2D eigenvalue weighted by molar-refractivity contribution is 7.15. The Labute approximate surface area is 125 Å². The topological polar surface area (TPSA) is 42.2 Å². The summed E-state index contributed by atoms with van der Waals surface area (Å²) in [6, 6.07) is 11.2. The molecule has 20 heavy (non-hydrogen) atoms. The summed E-state index contributed by atoms with van der Waals surface area (Å²) in [5.41, 5.74) is 7.13. The molecule has 2 rings (SSSR count). The van der Waals surface area contributed by atoms with Crippen molar-refractivity contribution in [2.75, 3.05) is 12.3 Å². The first kappa shape index (κ1) is 15.0.